The maximum atomic E-state index is 12.4. The average Bonchev–Trinajstić information content (AvgIpc) is 2.58. The third kappa shape index (κ3) is 6.80. The Balaban J connectivity index is 1.97. The van der Waals surface area contributed by atoms with Gasteiger partial charge in [0, 0.05) is 13.1 Å². The second-order valence-electron chi connectivity index (χ2n) is 7.56. The summed E-state index contributed by atoms with van der Waals surface area (Å²) >= 11 is 0. The first-order valence-corrected chi connectivity index (χ1v) is 8.82. The van der Waals surface area contributed by atoms with Crippen LogP contribution in [-0.2, 0) is 20.9 Å². The molecule has 1 aliphatic rings. The van der Waals surface area contributed by atoms with E-state index in [1.807, 2.05) is 30.3 Å². The number of alkyl carbamates (subject to hydrolysis) is 1. The standard InChI is InChI=1S/C19H26N2O6/c1-19(2,3)27-17(24)20-15-9-14(16(22)23)10-21(11-15)18(25)26-12-13-7-5-4-6-8-13/h4-8,14-15H,9-12H2,1-3H3,(H,20,24)(H,22,23). The van der Waals surface area contributed by atoms with Gasteiger partial charge in [0.2, 0.25) is 0 Å². The zero-order valence-electron chi connectivity index (χ0n) is 15.8. The molecule has 2 atom stereocenters. The van der Waals surface area contributed by atoms with Gasteiger partial charge in [0.15, 0.2) is 0 Å². The van der Waals surface area contributed by atoms with Crippen LogP contribution in [0.15, 0.2) is 30.3 Å². The smallest absolute Gasteiger partial charge is 0.410 e. The molecule has 2 N–H and O–H groups in total. The molecule has 148 valence electrons. The van der Waals surface area contributed by atoms with Gasteiger partial charge in [-0.1, -0.05) is 30.3 Å². The number of hydrogen-bond acceptors (Lipinski definition) is 5. The molecule has 0 aliphatic carbocycles. The maximum Gasteiger partial charge on any atom is 0.410 e. The van der Waals surface area contributed by atoms with Gasteiger partial charge in [-0.25, -0.2) is 9.59 Å². The van der Waals surface area contributed by atoms with Crippen LogP contribution in [0.2, 0.25) is 0 Å². The fraction of sp³-hybridized carbons (Fsp3) is 0.526. The zero-order valence-corrected chi connectivity index (χ0v) is 15.8. The first-order chi connectivity index (χ1) is 12.6. The Hall–Kier alpha value is -2.77. The minimum absolute atomic E-state index is 0.0372. The lowest BCUT2D eigenvalue weighted by molar-refractivity contribution is -0.143. The molecule has 8 nitrogen and oxygen atoms in total. The van der Waals surface area contributed by atoms with E-state index < -0.39 is 35.7 Å². The van der Waals surface area contributed by atoms with Crippen LogP contribution in [0.25, 0.3) is 0 Å². The van der Waals surface area contributed by atoms with E-state index in [9.17, 15) is 19.5 Å². The van der Waals surface area contributed by atoms with E-state index in [4.69, 9.17) is 9.47 Å². The van der Waals surface area contributed by atoms with Crippen molar-refractivity contribution < 1.29 is 29.0 Å². The topological polar surface area (TPSA) is 105 Å². The molecule has 1 aromatic carbocycles. The van der Waals surface area contributed by atoms with Gasteiger partial charge in [-0.15, -0.1) is 0 Å². The molecule has 1 fully saturated rings. The summed E-state index contributed by atoms with van der Waals surface area (Å²) in [4.78, 5) is 37.1. The average molecular weight is 378 g/mol. The number of benzene rings is 1. The monoisotopic (exact) mass is 378 g/mol. The molecule has 8 heteroatoms. The molecular formula is C19H26N2O6. The number of carboxylic acid groups (broad SMARTS) is 1. The highest BCUT2D eigenvalue weighted by molar-refractivity contribution is 5.74. The van der Waals surface area contributed by atoms with Crippen LogP contribution in [0.5, 0.6) is 0 Å². The highest BCUT2D eigenvalue weighted by Gasteiger charge is 2.35. The lowest BCUT2D eigenvalue weighted by atomic mass is 9.94. The number of nitrogens with zero attached hydrogens (tertiary/aromatic N) is 1. The summed E-state index contributed by atoms with van der Waals surface area (Å²) in [6.45, 7) is 5.51. The highest BCUT2D eigenvalue weighted by Crippen LogP contribution is 2.19. The van der Waals surface area contributed by atoms with Gasteiger partial charge in [0.1, 0.15) is 12.2 Å². The van der Waals surface area contributed by atoms with Crippen molar-refractivity contribution in [1.82, 2.24) is 10.2 Å². The molecule has 0 radical (unpaired) electrons. The van der Waals surface area contributed by atoms with Crippen LogP contribution in [0.1, 0.15) is 32.8 Å². The molecule has 0 spiro atoms. The maximum absolute atomic E-state index is 12.4. The first-order valence-electron chi connectivity index (χ1n) is 8.82. The van der Waals surface area contributed by atoms with Gasteiger partial charge < -0.3 is 24.8 Å². The molecule has 0 saturated carbocycles. The normalized spacial score (nSPS) is 19.9. The second-order valence-corrected chi connectivity index (χ2v) is 7.56. The van der Waals surface area contributed by atoms with Crippen molar-refractivity contribution in [2.75, 3.05) is 13.1 Å². The predicted octanol–water partition coefficient (Wildman–Crippen LogP) is 2.62. The largest absolute Gasteiger partial charge is 0.481 e. The quantitative estimate of drug-likeness (QED) is 0.834. The van der Waals surface area contributed by atoms with Gasteiger partial charge >= 0.3 is 18.2 Å². The van der Waals surface area contributed by atoms with Crippen molar-refractivity contribution in [2.45, 2.75) is 45.4 Å². The van der Waals surface area contributed by atoms with Crippen molar-refractivity contribution in [1.29, 1.82) is 0 Å². The summed E-state index contributed by atoms with van der Waals surface area (Å²) in [7, 11) is 0. The van der Waals surface area contributed by atoms with E-state index in [-0.39, 0.29) is 26.1 Å². The van der Waals surface area contributed by atoms with Crippen LogP contribution in [0, 0.1) is 5.92 Å². The third-order valence-electron chi connectivity index (χ3n) is 3.98. The molecule has 1 heterocycles. The summed E-state index contributed by atoms with van der Waals surface area (Å²) in [5.41, 5.74) is 0.167. The number of piperidine rings is 1. The molecular weight excluding hydrogens is 352 g/mol. The second kappa shape index (κ2) is 8.75. The molecule has 2 rings (SSSR count). The number of amides is 2. The minimum atomic E-state index is -1.02. The Kier molecular flexibility index (Phi) is 6.65. The van der Waals surface area contributed by atoms with Crippen molar-refractivity contribution in [3.63, 3.8) is 0 Å². The molecule has 1 saturated heterocycles. The summed E-state index contributed by atoms with van der Waals surface area (Å²) in [5, 5.41) is 12.0. The Morgan fingerprint density at radius 2 is 1.85 bits per heavy atom. The number of aliphatic carboxylic acids is 1. The van der Waals surface area contributed by atoms with Crippen molar-refractivity contribution >= 4 is 18.2 Å². The summed E-state index contributed by atoms with van der Waals surface area (Å²) in [6.07, 6.45) is -1.03. The van der Waals surface area contributed by atoms with E-state index in [2.05, 4.69) is 5.32 Å². The molecule has 2 unspecified atom stereocenters. The molecule has 2 amide bonds. The van der Waals surface area contributed by atoms with Crippen LogP contribution >= 0.6 is 0 Å². The van der Waals surface area contributed by atoms with Crippen LogP contribution in [0.4, 0.5) is 9.59 Å². The van der Waals surface area contributed by atoms with Crippen molar-refractivity contribution in [2.24, 2.45) is 5.92 Å². The van der Waals surface area contributed by atoms with E-state index in [0.717, 1.165) is 5.56 Å². The number of carbonyl (C=O) groups excluding carboxylic acids is 2. The Morgan fingerprint density at radius 1 is 1.19 bits per heavy atom. The van der Waals surface area contributed by atoms with Gasteiger partial charge in [-0.2, -0.15) is 0 Å². The van der Waals surface area contributed by atoms with E-state index in [0.29, 0.717) is 0 Å². The van der Waals surface area contributed by atoms with E-state index in [1.165, 1.54) is 4.90 Å². The molecule has 1 aromatic rings. The molecule has 0 bridgehead atoms. The Bertz CT molecular complexity index is 671. The number of hydrogen-bond donors (Lipinski definition) is 2. The van der Waals surface area contributed by atoms with Gasteiger partial charge in [-0.3, -0.25) is 4.79 Å². The Labute approximate surface area is 158 Å². The Morgan fingerprint density at radius 3 is 2.44 bits per heavy atom. The van der Waals surface area contributed by atoms with Gasteiger partial charge in [0.05, 0.1) is 12.0 Å². The molecule has 27 heavy (non-hydrogen) atoms. The number of rotatable bonds is 4. The number of carboxylic acids is 1. The highest BCUT2D eigenvalue weighted by atomic mass is 16.6. The minimum Gasteiger partial charge on any atom is -0.481 e. The van der Waals surface area contributed by atoms with E-state index >= 15 is 0 Å². The van der Waals surface area contributed by atoms with Crippen molar-refractivity contribution in [3.05, 3.63) is 35.9 Å². The van der Waals surface area contributed by atoms with Crippen LogP contribution in [0.3, 0.4) is 0 Å². The fourth-order valence-electron chi connectivity index (χ4n) is 2.82. The van der Waals surface area contributed by atoms with Gasteiger partial charge in [0.25, 0.3) is 0 Å². The van der Waals surface area contributed by atoms with Gasteiger partial charge in [-0.05, 0) is 32.8 Å². The van der Waals surface area contributed by atoms with Crippen LogP contribution in [-0.4, -0.2) is 52.9 Å². The SMILES string of the molecule is CC(C)(C)OC(=O)NC1CC(C(=O)O)CN(C(=O)OCc2ccccc2)C1. The van der Waals surface area contributed by atoms with Crippen molar-refractivity contribution in [3.8, 4) is 0 Å². The summed E-state index contributed by atoms with van der Waals surface area (Å²) < 4.78 is 10.5. The van der Waals surface area contributed by atoms with Crippen LogP contribution < -0.4 is 5.32 Å². The van der Waals surface area contributed by atoms with E-state index in [1.54, 1.807) is 20.8 Å². The lowest BCUT2D eigenvalue weighted by Crippen LogP contribution is -2.54. The number of carbonyl (C=O) groups is 3. The fourth-order valence-corrected chi connectivity index (χ4v) is 2.82. The summed E-state index contributed by atoms with van der Waals surface area (Å²) in [6, 6.07) is 8.67. The molecule has 1 aliphatic heterocycles. The number of nitrogens with one attached hydrogen (secondary N) is 1. The third-order valence-corrected chi connectivity index (χ3v) is 3.98. The number of ether oxygens (including phenoxy) is 2. The zero-order chi connectivity index (χ0) is 20.0. The number of likely N-dealkylation sites (tertiary alicyclic amines) is 1. The lowest BCUT2D eigenvalue weighted by Gasteiger charge is -2.36. The predicted molar refractivity (Wildman–Crippen MR) is 97.1 cm³/mol. The summed E-state index contributed by atoms with van der Waals surface area (Å²) in [5.74, 6) is -1.81. The molecule has 0 aromatic heterocycles. The first kappa shape index (κ1) is 20.5.